The van der Waals surface area contributed by atoms with E-state index < -0.39 is 0 Å². The van der Waals surface area contributed by atoms with Gasteiger partial charge in [0.05, 0.1) is 0 Å². The van der Waals surface area contributed by atoms with Crippen LogP contribution in [0.5, 0.6) is 0 Å². The summed E-state index contributed by atoms with van der Waals surface area (Å²) >= 11 is 0. The average molecular weight is 125 g/mol. The van der Waals surface area contributed by atoms with E-state index in [-0.39, 0.29) is 0 Å². The molecule has 1 rings (SSSR count). The Hall–Kier alpha value is -0.330. The minimum atomic E-state index is 0.745. The molecule has 0 atom stereocenters. The van der Waals surface area contributed by atoms with E-state index in [1.165, 1.54) is 25.7 Å². The minimum absolute atomic E-state index is 0.745. The third-order valence-corrected chi connectivity index (χ3v) is 1.93. The van der Waals surface area contributed by atoms with Crippen molar-refractivity contribution in [3.8, 4) is 0 Å². The molecule has 0 saturated heterocycles. The van der Waals surface area contributed by atoms with Crippen molar-refractivity contribution in [3.05, 3.63) is 5.92 Å². The molecule has 1 nitrogen and oxygen atoms in total. The molecule has 0 aliphatic heterocycles. The largest absolute Gasteiger partial charge is 0.303 e. The van der Waals surface area contributed by atoms with Gasteiger partial charge in [-0.2, -0.15) is 0 Å². The summed E-state index contributed by atoms with van der Waals surface area (Å²) in [7, 11) is 0. The van der Waals surface area contributed by atoms with Crippen LogP contribution in [0.3, 0.4) is 0 Å². The van der Waals surface area contributed by atoms with Gasteiger partial charge in [0.25, 0.3) is 0 Å². The molecule has 0 amide bonds. The molecule has 0 spiro atoms. The topological polar surface area (TPSA) is 17.1 Å². The molecule has 0 aromatic carbocycles. The van der Waals surface area contributed by atoms with Crippen LogP contribution in [0.2, 0.25) is 0 Å². The van der Waals surface area contributed by atoms with Crippen LogP contribution in [0, 0.1) is 5.92 Å². The number of rotatable bonds is 3. The molecule has 0 aromatic heterocycles. The van der Waals surface area contributed by atoms with Gasteiger partial charge >= 0.3 is 0 Å². The maximum absolute atomic E-state index is 9.95. The van der Waals surface area contributed by atoms with Crippen LogP contribution in [-0.4, -0.2) is 6.29 Å². The Balaban J connectivity index is 2.04. The highest BCUT2D eigenvalue weighted by Gasteiger charge is 2.13. The highest BCUT2D eigenvalue weighted by molar-refractivity contribution is 5.49. The lowest BCUT2D eigenvalue weighted by atomic mass is 10.0. The van der Waals surface area contributed by atoms with Crippen molar-refractivity contribution in [1.29, 1.82) is 0 Å². The summed E-state index contributed by atoms with van der Waals surface area (Å²) in [6, 6.07) is 0. The second-order valence-electron chi connectivity index (χ2n) is 2.66. The van der Waals surface area contributed by atoms with Crippen molar-refractivity contribution < 1.29 is 4.79 Å². The lowest BCUT2D eigenvalue weighted by Crippen LogP contribution is -1.89. The Bertz CT molecular complexity index is 82.6. The fourth-order valence-corrected chi connectivity index (χ4v) is 1.39. The van der Waals surface area contributed by atoms with E-state index in [4.69, 9.17) is 0 Å². The van der Waals surface area contributed by atoms with Gasteiger partial charge in [0.2, 0.25) is 0 Å². The average Bonchev–Trinajstić information content (AvgIpc) is 2.34. The SMILES string of the molecule is O=CCC[C]1CCCC1. The maximum atomic E-state index is 9.95. The fraction of sp³-hybridized carbons (Fsp3) is 0.750. The van der Waals surface area contributed by atoms with Crippen LogP contribution >= 0.6 is 0 Å². The first-order chi connectivity index (χ1) is 4.43. The van der Waals surface area contributed by atoms with Gasteiger partial charge in [-0.25, -0.2) is 0 Å². The Labute approximate surface area is 56.4 Å². The molecule has 0 aromatic rings. The van der Waals surface area contributed by atoms with Crippen LogP contribution in [0.25, 0.3) is 0 Å². The molecule has 0 unspecified atom stereocenters. The van der Waals surface area contributed by atoms with Crippen LogP contribution in [0.1, 0.15) is 38.5 Å². The van der Waals surface area contributed by atoms with Gasteiger partial charge in [0.15, 0.2) is 0 Å². The minimum Gasteiger partial charge on any atom is -0.303 e. The normalized spacial score (nSPS) is 20.4. The first-order valence-electron chi connectivity index (χ1n) is 3.70. The van der Waals surface area contributed by atoms with E-state index in [9.17, 15) is 4.79 Å². The predicted molar refractivity (Wildman–Crippen MR) is 37.0 cm³/mol. The van der Waals surface area contributed by atoms with Crippen molar-refractivity contribution in [2.75, 3.05) is 0 Å². The zero-order valence-corrected chi connectivity index (χ0v) is 5.73. The highest BCUT2D eigenvalue weighted by Crippen LogP contribution is 2.29. The number of hydrogen-bond donors (Lipinski definition) is 0. The first kappa shape index (κ1) is 6.79. The van der Waals surface area contributed by atoms with Gasteiger partial charge in [0.1, 0.15) is 6.29 Å². The van der Waals surface area contributed by atoms with Crippen molar-refractivity contribution in [2.24, 2.45) is 0 Å². The summed E-state index contributed by atoms with van der Waals surface area (Å²) in [5, 5.41) is 0. The molecule has 0 bridgehead atoms. The predicted octanol–water partition coefficient (Wildman–Crippen LogP) is 2.11. The van der Waals surface area contributed by atoms with Crippen molar-refractivity contribution in [2.45, 2.75) is 38.5 Å². The van der Waals surface area contributed by atoms with Gasteiger partial charge in [0, 0.05) is 6.42 Å². The van der Waals surface area contributed by atoms with Gasteiger partial charge in [-0.3, -0.25) is 0 Å². The molecule has 1 radical (unpaired) electrons. The van der Waals surface area contributed by atoms with E-state index in [2.05, 4.69) is 0 Å². The summed E-state index contributed by atoms with van der Waals surface area (Å²) in [4.78, 5) is 9.95. The lowest BCUT2D eigenvalue weighted by molar-refractivity contribution is -0.107. The molecule has 0 N–H and O–H groups in total. The van der Waals surface area contributed by atoms with Crippen molar-refractivity contribution >= 4 is 6.29 Å². The maximum Gasteiger partial charge on any atom is 0.120 e. The fourth-order valence-electron chi connectivity index (χ4n) is 1.39. The zero-order valence-electron chi connectivity index (χ0n) is 5.73. The summed E-state index contributed by atoms with van der Waals surface area (Å²) in [6.45, 7) is 0. The van der Waals surface area contributed by atoms with Crippen molar-refractivity contribution in [1.82, 2.24) is 0 Å². The van der Waals surface area contributed by atoms with Crippen LogP contribution < -0.4 is 0 Å². The molecule has 1 saturated carbocycles. The second kappa shape index (κ2) is 3.65. The van der Waals surface area contributed by atoms with Gasteiger partial charge in [-0.1, -0.05) is 12.8 Å². The highest BCUT2D eigenvalue weighted by atomic mass is 16.1. The van der Waals surface area contributed by atoms with Gasteiger partial charge in [-0.15, -0.1) is 0 Å². The van der Waals surface area contributed by atoms with E-state index in [0.29, 0.717) is 0 Å². The van der Waals surface area contributed by atoms with Crippen molar-refractivity contribution in [3.63, 3.8) is 0 Å². The Morgan fingerprint density at radius 2 is 2.00 bits per heavy atom. The number of carbonyl (C=O) groups is 1. The van der Waals surface area contributed by atoms with Crippen LogP contribution in [0.15, 0.2) is 0 Å². The summed E-state index contributed by atoms with van der Waals surface area (Å²) in [5.41, 5.74) is 0. The molecular formula is C8H13O. The number of aldehydes is 1. The first-order valence-corrected chi connectivity index (χ1v) is 3.70. The van der Waals surface area contributed by atoms with E-state index in [0.717, 1.165) is 19.1 Å². The monoisotopic (exact) mass is 125 g/mol. The van der Waals surface area contributed by atoms with E-state index >= 15 is 0 Å². The number of carbonyl (C=O) groups excluding carboxylic acids is 1. The zero-order chi connectivity index (χ0) is 6.53. The Morgan fingerprint density at radius 1 is 1.33 bits per heavy atom. The van der Waals surface area contributed by atoms with E-state index in [1.807, 2.05) is 0 Å². The molecule has 51 valence electrons. The molecule has 1 heteroatoms. The van der Waals surface area contributed by atoms with Gasteiger partial charge < -0.3 is 4.79 Å². The molecule has 0 heterocycles. The standard InChI is InChI=1S/C8H13O/c9-7-3-6-8-4-1-2-5-8/h7H,1-6H2. The lowest BCUT2D eigenvalue weighted by Gasteiger charge is -2.02. The summed E-state index contributed by atoms with van der Waals surface area (Å²) in [5.74, 6) is 1.61. The van der Waals surface area contributed by atoms with E-state index in [1.54, 1.807) is 5.92 Å². The Morgan fingerprint density at radius 3 is 2.56 bits per heavy atom. The molecular weight excluding hydrogens is 112 g/mol. The van der Waals surface area contributed by atoms with Crippen LogP contribution in [-0.2, 0) is 4.79 Å². The van der Waals surface area contributed by atoms with Crippen LogP contribution in [0.4, 0.5) is 0 Å². The molecule has 1 aliphatic rings. The molecule has 9 heavy (non-hydrogen) atoms. The third-order valence-electron chi connectivity index (χ3n) is 1.93. The summed E-state index contributed by atoms with van der Waals surface area (Å²) in [6.07, 6.45) is 8.11. The Kier molecular flexibility index (Phi) is 2.75. The third kappa shape index (κ3) is 2.17. The molecule has 1 aliphatic carbocycles. The second-order valence-corrected chi connectivity index (χ2v) is 2.66. The molecule has 1 fully saturated rings. The smallest absolute Gasteiger partial charge is 0.120 e. The summed E-state index contributed by atoms with van der Waals surface area (Å²) < 4.78 is 0. The quantitative estimate of drug-likeness (QED) is 0.528. The van der Waals surface area contributed by atoms with Gasteiger partial charge in [-0.05, 0) is 25.2 Å². The number of hydrogen-bond acceptors (Lipinski definition) is 1.